The van der Waals surface area contributed by atoms with E-state index in [9.17, 15) is 32.8 Å². The third-order valence-electron chi connectivity index (χ3n) is 4.94. The molecule has 0 fully saturated rings. The topological polar surface area (TPSA) is 129 Å². The molecule has 0 aliphatic carbocycles. The molecule has 3 N–H and O–H groups in total. The van der Waals surface area contributed by atoms with Crippen LogP contribution in [0.3, 0.4) is 0 Å². The van der Waals surface area contributed by atoms with Gasteiger partial charge in [-0.15, -0.1) is 0 Å². The minimum absolute atomic E-state index is 0. The summed E-state index contributed by atoms with van der Waals surface area (Å²) in [6.45, 7) is 1.56. The van der Waals surface area contributed by atoms with E-state index in [2.05, 4.69) is 0 Å². The first-order chi connectivity index (χ1) is 12.6. The normalized spacial score (nSPS) is 13.8. The van der Waals surface area contributed by atoms with Crippen LogP contribution in [0.25, 0.3) is 0 Å². The largest absolute Gasteiger partial charge is 1.00 e. The predicted molar refractivity (Wildman–Crippen MR) is 99.2 cm³/mol. The molecular formula is C19H21NaO7S. The quantitative estimate of drug-likeness (QED) is 0.397. The van der Waals surface area contributed by atoms with Crippen LogP contribution in [0, 0.1) is 0 Å². The van der Waals surface area contributed by atoms with Crippen molar-refractivity contribution in [2.24, 2.45) is 0 Å². The number of benzene rings is 2. The third-order valence-corrected chi connectivity index (χ3v) is 6.49. The molecule has 0 heterocycles. The van der Waals surface area contributed by atoms with Crippen molar-refractivity contribution in [2.45, 2.75) is 29.9 Å². The Bertz CT molecular complexity index is 896. The Labute approximate surface area is 186 Å². The summed E-state index contributed by atoms with van der Waals surface area (Å²) in [5.74, 6) is -3.58. The zero-order chi connectivity index (χ0) is 20.3. The first-order valence-corrected chi connectivity index (χ1v) is 9.60. The standard InChI is InChI=1S/C19H20O7S.Na.H/c1-2-18(14-9-5-3-6-10-14,15-11-7-4-8-12-15)19(17(22)23,13-16(20)21)27(24,25)26;;/h3-12H,2,13H2,1H3,(H,20,21)(H,22,23)(H,24,25,26);;/q;+1;-1. The number of carboxylic acid groups (broad SMARTS) is 2. The van der Waals surface area contributed by atoms with Crippen molar-refractivity contribution < 1.29 is 63.8 Å². The van der Waals surface area contributed by atoms with Gasteiger partial charge in [0.25, 0.3) is 10.1 Å². The van der Waals surface area contributed by atoms with Crippen molar-refractivity contribution in [1.29, 1.82) is 0 Å². The van der Waals surface area contributed by atoms with Crippen LogP contribution < -0.4 is 29.6 Å². The first-order valence-electron chi connectivity index (χ1n) is 8.16. The molecule has 2 aromatic carbocycles. The molecule has 7 nitrogen and oxygen atoms in total. The monoisotopic (exact) mass is 416 g/mol. The van der Waals surface area contributed by atoms with E-state index in [0.717, 1.165) is 0 Å². The molecule has 0 aromatic heterocycles. The molecule has 0 aliphatic rings. The van der Waals surface area contributed by atoms with E-state index in [1.165, 1.54) is 24.3 Å². The SMILES string of the molecule is CCC(c1ccccc1)(c1ccccc1)C(CC(=O)O)(C(=O)O)S(=O)(=O)O.[H-].[Na+]. The molecule has 0 spiro atoms. The van der Waals surface area contributed by atoms with Gasteiger partial charge in [0.05, 0.1) is 11.8 Å². The Morgan fingerprint density at radius 3 is 1.57 bits per heavy atom. The summed E-state index contributed by atoms with van der Waals surface area (Å²) in [7, 11) is -5.37. The van der Waals surface area contributed by atoms with E-state index in [1.54, 1.807) is 43.3 Å². The van der Waals surface area contributed by atoms with Crippen molar-refractivity contribution in [1.82, 2.24) is 0 Å². The van der Waals surface area contributed by atoms with Crippen LogP contribution >= 0.6 is 0 Å². The molecule has 9 heteroatoms. The van der Waals surface area contributed by atoms with Gasteiger partial charge in [-0.3, -0.25) is 14.1 Å². The summed E-state index contributed by atoms with van der Waals surface area (Å²) < 4.78 is 32.0. The molecule has 1 atom stereocenters. The number of rotatable bonds is 8. The smallest absolute Gasteiger partial charge is 1.00 e. The van der Waals surface area contributed by atoms with E-state index < -0.39 is 38.6 Å². The van der Waals surface area contributed by atoms with Crippen LogP contribution in [0.2, 0.25) is 0 Å². The average Bonchev–Trinajstić information content (AvgIpc) is 2.62. The van der Waals surface area contributed by atoms with Crippen LogP contribution in [0.15, 0.2) is 60.7 Å². The van der Waals surface area contributed by atoms with Crippen LogP contribution in [0.4, 0.5) is 0 Å². The molecule has 2 aromatic rings. The minimum atomic E-state index is -5.37. The van der Waals surface area contributed by atoms with E-state index in [-0.39, 0.29) is 48.5 Å². The fraction of sp³-hybridized carbons (Fsp3) is 0.263. The number of carboxylic acids is 2. The molecule has 146 valence electrons. The molecule has 28 heavy (non-hydrogen) atoms. The van der Waals surface area contributed by atoms with Crippen LogP contribution in [0.5, 0.6) is 0 Å². The van der Waals surface area contributed by atoms with Gasteiger partial charge in [0.2, 0.25) is 4.75 Å². The van der Waals surface area contributed by atoms with Crippen LogP contribution in [-0.2, 0) is 25.1 Å². The summed E-state index contributed by atoms with van der Waals surface area (Å²) >= 11 is 0. The second kappa shape index (κ2) is 9.19. The number of hydrogen-bond donors (Lipinski definition) is 3. The summed E-state index contributed by atoms with van der Waals surface area (Å²) in [6, 6.07) is 15.8. The molecule has 0 bridgehead atoms. The van der Waals surface area contributed by atoms with Gasteiger partial charge in [-0.25, -0.2) is 0 Å². The van der Waals surface area contributed by atoms with E-state index in [1.807, 2.05) is 0 Å². The van der Waals surface area contributed by atoms with Gasteiger partial charge in [-0.1, -0.05) is 67.6 Å². The molecular weight excluding hydrogens is 395 g/mol. The fourth-order valence-corrected chi connectivity index (χ4v) is 5.16. The van der Waals surface area contributed by atoms with E-state index in [0.29, 0.717) is 0 Å². The summed E-state index contributed by atoms with van der Waals surface area (Å²) in [4.78, 5) is 23.9. The van der Waals surface area contributed by atoms with Gasteiger partial charge < -0.3 is 11.6 Å². The molecule has 2 rings (SSSR count). The third kappa shape index (κ3) is 3.88. The van der Waals surface area contributed by atoms with E-state index >= 15 is 0 Å². The second-order valence-corrected chi connectivity index (χ2v) is 7.82. The summed E-state index contributed by atoms with van der Waals surface area (Å²) in [5.41, 5.74) is -1.28. The Kier molecular flexibility index (Phi) is 7.99. The van der Waals surface area contributed by atoms with Crippen molar-refractivity contribution >= 4 is 22.1 Å². The van der Waals surface area contributed by atoms with Crippen molar-refractivity contribution in [3.05, 3.63) is 71.8 Å². The van der Waals surface area contributed by atoms with Gasteiger partial charge >= 0.3 is 41.5 Å². The summed E-state index contributed by atoms with van der Waals surface area (Å²) in [5, 5.41) is 19.4. The number of hydrogen-bond acceptors (Lipinski definition) is 4. The van der Waals surface area contributed by atoms with Gasteiger partial charge in [-0.2, -0.15) is 8.42 Å². The molecule has 0 amide bonds. The maximum absolute atomic E-state index is 12.5. The van der Waals surface area contributed by atoms with Crippen LogP contribution in [0.1, 0.15) is 32.3 Å². The molecule has 0 saturated carbocycles. The van der Waals surface area contributed by atoms with Crippen molar-refractivity contribution in [3.63, 3.8) is 0 Å². The Morgan fingerprint density at radius 2 is 1.32 bits per heavy atom. The predicted octanol–water partition coefficient (Wildman–Crippen LogP) is -0.315. The fourth-order valence-electron chi connectivity index (χ4n) is 3.82. The average molecular weight is 416 g/mol. The van der Waals surface area contributed by atoms with Crippen molar-refractivity contribution in [2.75, 3.05) is 0 Å². The zero-order valence-corrected chi connectivity index (χ0v) is 18.4. The Morgan fingerprint density at radius 1 is 0.929 bits per heavy atom. The molecule has 0 radical (unpaired) electrons. The number of carbonyl (C=O) groups is 2. The first kappa shape index (κ1) is 24.3. The van der Waals surface area contributed by atoms with Crippen LogP contribution in [-0.4, -0.2) is 39.9 Å². The maximum Gasteiger partial charge on any atom is 1.00 e. The van der Waals surface area contributed by atoms with Gasteiger partial charge in [-0.05, 0) is 17.5 Å². The Balaban J connectivity index is 0.00000392. The van der Waals surface area contributed by atoms with Gasteiger partial charge in [0, 0.05) is 0 Å². The molecule has 0 saturated heterocycles. The molecule has 1 unspecified atom stereocenters. The number of aliphatic carboxylic acids is 2. The minimum Gasteiger partial charge on any atom is -1.00 e. The van der Waals surface area contributed by atoms with E-state index in [4.69, 9.17) is 0 Å². The zero-order valence-electron chi connectivity index (χ0n) is 16.6. The summed E-state index contributed by atoms with van der Waals surface area (Å²) in [6.07, 6.45) is -1.39. The van der Waals surface area contributed by atoms with Gasteiger partial charge in [0.1, 0.15) is 0 Å². The van der Waals surface area contributed by atoms with Gasteiger partial charge in [0.15, 0.2) is 0 Å². The maximum atomic E-state index is 12.5. The molecule has 0 aliphatic heterocycles. The van der Waals surface area contributed by atoms with Crippen molar-refractivity contribution in [3.8, 4) is 0 Å². The second-order valence-electron chi connectivity index (χ2n) is 6.17. The Hall–Kier alpha value is -1.71.